The van der Waals surface area contributed by atoms with Gasteiger partial charge in [0.05, 0.1) is 42.2 Å². The molecule has 0 spiro atoms. The molecular weight excluding hydrogens is 357 g/mol. The van der Waals surface area contributed by atoms with Gasteiger partial charge in [-0.25, -0.2) is 13.9 Å². The summed E-state index contributed by atoms with van der Waals surface area (Å²) in [5.41, 5.74) is 9.32. The van der Waals surface area contributed by atoms with E-state index in [0.717, 1.165) is 22.4 Å². The predicted octanol–water partition coefficient (Wildman–Crippen LogP) is 2.31. The molecule has 5 rings (SSSR count). The molecule has 2 N–H and O–H groups in total. The summed E-state index contributed by atoms with van der Waals surface area (Å²) in [6.45, 7) is 1.08. The quantitative estimate of drug-likeness (QED) is 0.592. The standard InChI is InChI=1S/C20H18FN7/c21-17-8-19-13(2-1-5-23-19)6-14(17)7-16-10-24-20-4-3-18(26-28(16)20)15-9-25-27(11-15)12-22/h1-6,8-10,15H,7,11-12,22H2. The molecular formula is C20H18FN7. The molecule has 0 saturated carbocycles. The average Bonchev–Trinajstić information content (AvgIpc) is 3.35. The first kappa shape index (κ1) is 16.8. The first-order chi connectivity index (χ1) is 13.7. The van der Waals surface area contributed by atoms with Crippen LogP contribution in [0.1, 0.15) is 22.9 Å². The van der Waals surface area contributed by atoms with E-state index < -0.39 is 0 Å². The number of aromatic nitrogens is 4. The van der Waals surface area contributed by atoms with E-state index in [9.17, 15) is 4.39 Å². The maximum absolute atomic E-state index is 14.6. The minimum absolute atomic E-state index is 0.0756. The molecule has 1 aliphatic heterocycles. The van der Waals surface area contributed by atoms with Crippen molar-refractivity contribution in [2.24, 2.45) is 10.8 Å². The Morgan fingerprint density at radius 3 is 2.96 bits per heavy atom. The smallest absolute Gasteiger partial charge is 0.153 e. The minimum Gasteiger partial charge on any atom is -0.313 e. The first-order valence-corrected chi connectivity index (χ1v) is 9.07. The minimum atomic E-state index is -0.279. The summed E-state index contributed by atoms with van der Waals surface area (Å²) in [5, 5.41) is 11.7. The zero-order valence-corrected chi connectivity index (χ0v) is 15.0. The van der Waals surface area contributed by atoms with E-state index in [2.05, 4.69) is 15.1 Å². The van der Waals surface area contributed by atoms with Gasteiger partial charge in [-0.2, -0.15) is 10.2 Å². The zero-order chi connectivity index (χ0) is 19.1. The van der Waals surface area contributed by atoms with Crippen LogP contribution >= 0.6 is 0 Å². The van der Waals surface area contributed by atoms with E-state index in [0.29, 0.717) is 30.7 Å². The molecule has 1 atom stereocenters. The van der Waals surface area contributed by atoms with Gasteiger partial charge in [0.1, 0.15) is 5.82 Å². The molecule has 7 nitrogen and oxygen atoms in total. The normalized spacial score (nSPS) is 16.5. The number of nitrogens with two attached hydrogens (primary N) is 1. The Hall–Kier alpha value is -3.39. The van der Waals surface area contributed by atoms with Crippen molar-refractivity contribution in [3.05, 3.63) is 71.6 Å². The maximum Gasteiger partial charge on any atom is 0.153 e. The van der Waals surface area contributed by atoms with E-state index in [4.69, 9.17) is 10.8 Å². The Kier molecular flexibility index (Phi) is 3.98. The van der Waals surface area contributed by atoms with Crippen LogP contribution in [0.5, 0.6) is 0 Å². The molecule has 28 heavy (non-hydrogen) atoms. The number of pyridine rings is 1. The third-order valence-electron chi connectivity index (χ3n) is 5.00. The van der Waals surface area contributed by atoms with Crippen LogP contribution in [0.15, 0.2) is 53.9 Å². The SMILES string of the molecule is NCN1CC(c2ccc3ncc(Cc4cc5cccnc5cc4F)n3n2)C=N1. The highest BCUT2D eigenvalue weighted by atomic mass is 19.1. The molecule has 0 aliphatic carbocycles. The number of fused-ring (bicyclic) bond motifs is 2. The molecule has 0 saturated heterocycles. The van der Waals surface area contributed by atoms with Crippen LogP contribution in [0.3, 0.4) is 0 Å². The monoisotopic (exact) mass is 375 g/mol. The van der Waals surface area contributed by atoms with Gasteiger partial charge in [-0.3, -0.25) is 9.99 Å². The fraction of sp³-hybridized carbons (Fsp3) is 0.200. The van der Waals surface area contributed by atoms with Crippen LogP contribution in [0.2, 0.25) is 0 Å². The molecule has 3 aromatic heterocycles. The van der Waals surface area contributed by atoms with Crippen LogP contribution < -0.4 is 5.73 Å². The summed E-state index contributed by atoms with van der Waals surface area (Å²) in [7, 11) is 0. The number of hydrazone groups is 1. The maximum atomic E-state index is 14.6. The highest BCUT2D eigenvalue weighted by Crippen LogP contribution is 2.22. The number of hydrogen-bond donors (Lipinski definition) is 1. The third kappa shape index (κ3) is 2.87. The van der Waals surface area contributed by atoms with E-state index >= 15 is 0 Å². The lowest BCUT2D eigenvalue weighted by Crippen LogP contribution is -2.24. The highest BCUT2D eigenvalue weighted by Gasteiger charge is 2.21. The number of imidazole rings is 1. The van der Waals surface area contributed by atoms with Gasteiger partial charge in [0.15, 0.2) is 5.65 Å². The fourth-order valence-corrected chi connectivity index (χ4v) is 3.51. The van der Waals surface area contributed by atoms with E-state index in [1.807, 2.05) is 36.5 Å². The molecule has 0 radical (unpaired) electrons. The number of halogens is 1. The van der Waals surface area contributed by atoms with Gasteiger partial charge in [0.25, 0.3) is 0 Å². The van der Waals surface area contributed by atoms with Gasteiger partial charge in [0.2, 0.25) is 0 Å². The Morgan fingerprint density at radius 1 is 1.18 bits per heavy atom. The Labute approximate surface area is 160 Å². The molecule has 1 unspecified atom stereocenters. The lowest BCUT2D eigenvalue weighted by molar-refractivity contribution is 0.318. The Bertz CT molecular complexity index is 1200. The van der Waals surface area contributed by atoms with Crippen molar-refractivity contribution < 1.29 is 4.39 Å². The first-order valence-electron chi connectivity index (χ1n) is 9.07. The predicted molar refractivity (Wildman–Crippen MR) is 104 cm³/mol. The highest BCUT2D eigenvalue weighted by molar-refractivity contribution is 5.79. The lowest BCUT2D eigenvalue weighted by atomic mass is 10.1. The number of benzene rings is 1. The van der Waals surface area contributed by atoms with Gasteiger partial charge in [-0.05, 0) is 29.8 Å². The van der Waals surface area contributed by atoms with Crippen LogP contribution in [-0.4, -0.2) is 44.0 Å². The molecule has 1 aromatic carbocycles. The van der Waals surface area contributed by atoms with Gasteiger partial charge in [-0.15, -0.1) is 0 Å². The second-order valence-electron chi connectivity index (χ2n) is 6.84. The van der Waals surface area contributed by atoms with Crippen molar-refractivity contribution in [3.63, 3.8) is 0 Å². The van der Waals surface area contributed by atoms with E-state index in [-0.39, 0.29) is 11.7 Å². The lowest BCUT2D eigenvalue weighted by Gasteiger charge is -2.13. The largest absolute Gasteiger partial charge is 0.313 e. The summed E-state index contributed by atoms with van der Waals surface area (Å²) < 4.78 is 16.4. The zero-order valence-electron chi connectivity index (χ0n) is 15.0. The average molecular weight is 375 g/mol. The summed E-state index contributed by atoms with van der Waals surface area (Å²) in [4.78, 5) is 8.61. The molecule has 4 aromatic rings. The van der Waals surface area contributed by atoms with Gasteiger partial charge >= 0.3 is 0 Å². The van der Waals surface area contributed by atoms with Crippen LogP contribution in [0.25, 0.3) is 16.6 Å². The second-order valence-corrected chi connectivity index (χ2v) is 6.84. The van der Waals surface area contributed by atoms with Gasteiger partial charge < -0.3 is 5.73 Å². The van der Waals surface area contributed by atoms with Gasteiger partial charge in [-0.1, -0.05) is 6.07 Å². The van der Waals surface area contributed by atoms with Crippen molar-refractivity contribution in [1.29, 1.82) is 0 Å². The molecule has 1 aliphatic rings. The van der Waals surface area contributed by atoms with Crippen molar-refractivity contribution in [2.75, 3.05) is 13.2 Å². The van der Waals surface area contributed by atoms with Gasteiger partial charge in [0, 0.05) is 30.3 Å². The molecule has 0 bridgehead atoms. The van der Waals surface area contributed by atoms with Crippen LogP contribution in [-0.2, 0) is 6.42 Å². The molecule has 140 valence electrons. The van der Waals surface area contributed by atoms with Crippen LogP contribution in [0, 0.1) is 5.82 Å². The van der Waals surface area contributed by atoms with Crippen molar-refractivity contribution in [1.82, 2.24) is 24.6 Å². The van der Waals surface area contributed by atoms with Crippen molar-refractivity contribution >= 4 is 22.8 Å². The fourth-order valence-electron chi connectivity index (χ4n) is 3.51. The Balaban J connectivity index is 1.50. The van der Waals surface area contributed by atoms with Crippen LogP contribution in [0.4, 0.5) is 4.39 Å². The van der Waals surface area contributed by atoms with E-state index in [1.165, 1.54) is 6.07 Å². The van der Waals surface area contributed by atoms with Crippen molar-refractivity contribution in [3.8, 4) is 0 Å². The second kappa shape index (κ2) is 6.65. The molecule has 0 fully saturated rings. The van der Waals surface area contributed by atoms with E-state index in [1.54, 1.807) is 21.9 Å². The number of rotatable bonds is 4. The molecule has 8 heteroatoms. The topological polar surface area (TPSA) is 84.7 Å². The number of hydrogen-bond acceptors (Lipinski definition) is 6. The summed E-state index contributed by atoms with van der Waals surface area (Å²) in [6.07, 6.45) is 5.65. The third-order valence-corrected chi connectivity index (χ3v) is 5.00. The molecule has 4 heterocycles. The summed E-state index contributed by atoms with van der Waals surface area (Å²) in [6, 6.07) is 11.0. The summed E-state index contributed by atoms with van der Waals surface area (Å²) >= 11 is 0. The molecule has 0 amide bonds. The number of nitrogens with zero attached hydrogens (tertiary/aromatic N) is 6. The summed E-state index contributed by atoms with van der Waals surface area (Å²) in [5.74, 6) is -0.203. The van der Waals surface area contributed by atoms with Crippen molar-refractivity contribution in [2.45, 2.75) is 12.3 Å². The Morgan fingerprint density at radius 2 is 2.11 bits per heavy atom.